The van der Waals surface area contributed by atoms with E-state index in [0.717, 1.165) is 29.2 Å². The van der Waals surface area contributed by atoms with Gasteiger partial charge in [-0.2, -0.15) is 5.10 Å². The molecule has 0 spiro atoms. The Bertz CT molecular complexity index is 1100. The van der Waals surface area contributed by atoms with E-state index in [1.807, 2.05) is 42.5 Å². The van der Waals surface area contributed by atoms with Crippen molar-refractivity contribution in [1.29, 1.82) is 0 Å². The number of sulfonamides is 1. The average molecular weight is 398 g/mol. The van der Waals surface area contributed by atoms with Crippen LogP contribution >= 0.6 is 0 Å². The zero-order chi connectivity index (χ0) is 19.6. The van der Waals surface area contributed by atoms with Gasteiger partial charge in [-0.1, -0.05) is 42.5 Å². The summed E-state index contributed by atoms with van der Waals surface area (Å²) in [4.78, 5) is 14.3. The van der Waals surface area contributed by atoms with Crippen molar-refractivity contribution in [2.75, 3.05) is 23.6 Å². The molecule has 4 rings (SSSR count). The molecule has 2 heterocycles. The first-order chi connectivity index (χ1) is 13.5. The Balaban J connectivity index is 1.48. The summed E-state index contributed by atoms with van der Waals surface area (Å²) in [5.74, 6) is -0.300. The van der Waals surface area contributed by atoms with Crippen LogP contribution in [0.1, 0.15) is 28.9 Å². The van der Waals surface area contributed by atoms with Crippen LogP contribution in [0.3, 0.4) is 0 Å². The molecule has 1 aliphatic rings. The third-order valence-corrected chi connectivity index (χ3v) is 6.30. The van der Waals surface area contributed by atoms with Gasteiger partial charge in [-0.15, -0.1) is 0 Å². The summed E-state index contributed by atoms with van der Waals surface area (Å²) in [6, 6.07) is 13.8. The van der Waals surface area contributed by atoms with Crippen molar-refractivity contribution in [3.63, 3.8) is 0 Å². The lowest BCUT2D eigenvalue weighted by atomic mass is 10.0. The predicted octanol–water partition coefficient (Wildman–Crippen LogP) is 2.78. The first-order valence-corrected chi connectivity index (χ1v) is 11.0. The van der Waals surface area contributed by atoms with E-state index in [1.165, 1.54) is 6.20 Å². The minimum absolute atomic E-state index is 0.0798. The van der Waals surface area contributed by atoms with Crippen molar-refractivity contribution in [3.8, 4) is 0 Å². The van der Waals surface area contributed by atoms with Crippen molar-refractivity contribution in [2.24, 2.45) is 0 Å². The first kappa shape index (κ1) is 18.5. The molecule has 3 aromatic rings. The number of nitrogens with zero attached hydrogens (tertiary/aromatic N) is 2. The number of likely N-dealkylation sites (tertiary alicyclic amines) is 1. The van der Waals surface area contributed by atoms with Crippen LogP contribution in [0, 0.1) is 0 Å². The first-order valence-electron chi connectivity index (χ1n) is 9.33. The lowest BCUT2D eigenvalue weighted by Gasteiger charge is -2.15. The molecular weight excluding hydrogens is 376 g/mol. The standard InChI is InChI=1S/C20H22N4O3S/c25-20(24-11-3-4-12-24)19-18(14-21-22-19)23-28(26,27)13-10-16-8-5-7-15-6-1-2-9-17(15)16/h1-2,5-9,14,23H,3-4,10-13H2,(H,21,22). The molecule has 1 aromatic heterocycles. The Morgan fingerprint density at radius 1 is 1.11 bits per heavy atom. The third kappa shape index (κ3) is 3.87. The maximum atomic E-state index is 12.6. The molecule has 2 aromatic carbocycles. The number of aromatic amines is 1. The van der Waals surface area contributed by atoms with E-state index in [-0.39, 0.29) is 23.0 Å². The number of rotatable bonds is 6. The van der Waals surface area contributed by atoms with Crippen LogP contribution in [0.25, 0.3) is 10.8 Å². The number of hydrogen-bond donors (Lipinski definition) is 2. The monoisotopic (exact) mass is 398 g/mol. The second-order valence-electron chi connectivity index (χ2n) is 6.97. The highest BCUT2D eigenvalue weighted by atomic mass is 32.2. The van der Waals surface area contributed by atoms with Gasteiger partial charge in [0.25, 0.3) is 5.91 Å². The molecule has 0 aliphatic carbocycles. The summed E-state index contributed by atoms with van der Waals surface area (Å²) in [5.41, 5.74) is 1.37. The number of nitrogens with one attached hydrogen (secondary N) is 2. The van der Waals surface area contributed by atoms with Crippen LogP contribution in [0.5, 0.6) is 0 Å². The van der Waals surface area contributed by atoms with Crippen molar-refractivity contribution in [3.05, 3.63) is 59.9 Å². The van der Waals surface area contributed by atoms with Crippen LogP contribution in [0.15, 0.2) is 48.7 Å². The second-order valence-corrected chi connectivity index (χ2v) is 8.81. The number of carbonyl (C=O) groups is 1. The zero-order valence-electron chi connectivity index (χ0n) is 15.4. The number of amides is 1. The maximum Gasteiger partial charge on any atom is 0.274 e. The Labute approximate surface area is 163 Å². The Kier molecular flexibility index (Phi) is 5.04. The van der Waals surface area contributed by atoms with Crippen LogP contribution in [0.4, 0.5) is 5.69 Å². The Morgan fingerprint density at radius 2 is 1.86 bits per heavy atom. The molecule has 1 saturated heterocycles. The van der Waals surface area contributed by atoms with Crippen LogP contribution < -0.4 is 4.72 Å². The number of benzene rings is 2. The van der Waals surface area contributed by atoms with E-state index in [2.05, 4.69) is 14.9 Å². The summed E-state index contributed by atoms with van der Waals surface area (Å²) in [6.07, 6.45) is 3.65. The lowest BCUT2D eigenvalue weighted by Crippen LogP contribution is -2.29. The van der Waals surface area contributed by atoms with Crippen LogP contribution in [-0.4, -0.2) is 48.3 Å². The fourth-order valence-electron chi connectivity index (χ4n) is 3.58. The molecule has 7 nitrogen and oxygen atoms in total. The highest BCUT2D eigenvalue weighted by Gasteiger charge is 2.25. The fraction of sp³-hybridized carbons (Fsp3) is 0.300. The van der Waals surface area contributed by atoms with Gasteiger partial charge in [-0.25, -0.2) is 8.42 Å². The lowest BCUT2D eigenvalue weighted by molar-refractivity contribution is 0.0788. The molecule has 2 N–H and O–H groups in total. The second kappa shape index (κ2) is 7.63. The van der Waals surface area contributed by atoms with Gasteiger partial charge in [0.1, 0.15) is 5.69 Å². The molecule has 0 bridgehead atoms. The summed E-state index contributed by atoms with van der Waals surface area (Å²) >= 11 is 0. The van der Waals surface area contributed by atoms with Crippen molar-refractivity contribution in [1.82, 2.24) is 15.1 Å². The molecule has 8 heteroatoms. The largest absolute Gasteiger partial charge is 0.337 e. The van der Waals surface area contributed by atoms with Gasteiger partial charge in [-0.3, -0.25) is 14.6 Å². The van der Waals surface area contributed by atoms with E-state index in [1.54, 1.807) is 4.90 Å². The van der Waals surface area contributed by atoms with Gasteiger partial charge in [0.15, 0.2) is 0 Å². The number of H-pyrrole nitrogens is 1. The topological polar surface area (TPSA) is 95.2 Å². The third-order valence-electron chi connectivity index (χ3n) is 5.03. The SMILES string of the molecule is O=C(c1[nH]ncc1NS(=O)(=O)CCc1cccc2ccccc12)N1CCCC1. The quantitative estimate of drug-likeness (QED) is 0.667. The molecule has 0 saturated carbocycles. The van der Waals surface area contributed by atoms with E-state index < -0.39 is 10.0 Å². The molecule has 146 valence electrons. The molecule has 28 heavy (non-hydrogen) atoms. The fourth-order valence-corrected chi connectivity index (χ4v) is 4.66. The molecule has 1 aliphatic heterocycles. The zero-order valence-corrected chi connectivity index (χ0v) is 16.2. The van der Waals surface area contributed by atoms with Gasteiger partial charge < -0.3 is 4.90 Å². The van der Waals surface area contributed by atoms with Crippen molar-refractivity contribution >= 4 is 32.4 Å². The summed E-state index contributed by atoms with van der Waals surface area (Å²) in [5, 5.41) is 8.62. The number of fused-ring (bicyclic) bond motifs is 1. The number of anilines is 1. The summed E-state index contributed by atoms with van der Waals surface area (Å²) < 4.78 is 27.8. The number of carbonyl (C=O) groups excluding carboxylic acids is 1. The molecular formula is C20H22N4O3S. The van der Waals surface area contributed by atoms with E-state index in [9.17, 15) is 13.2 Å². The van der Waals surface area contributed by atoms with Gasteiger partial charge in [-0.05, 0) is 35.6 Å². The van der Waals surface area contributed by atoms with Crippen LogP contribution in [0.2, 0.25) is 0 Å². The predicted molar refractivity (Wildman–Crippen MR) is 109 cm³/mol. The molecule has 0 unspecified atom stereocenters. The minimum Gasteiger partial charge on any atom is -0.337 e. The minimum atomic E-state index is -3.63. The maximum absolute atomic E-state index is 12.6. The van der Waals surface area contributed by atoms with Gasteiger partial charge in [0, 0.05) is 13.1 Å². The molecule has 0 radical (unpaired) electrons. The smallest absolute Gasteiger partial charge is 0.274 e. The number of aromatic nitrogens is 2. The Morgan fingerprint density at radius 3 is 2.68 bits per heavy atom. The van der Waals surface area contributed by atoms with E-state index in [4.69, 9.17) is 0 Å². The van der Waals surface area contributed by atoms with Crippen molar-refractivity contribution in [2.45, 2.75) is 19.3 Å². The number of aryl methyl sites for hydroxylation is 1. The number of hydrogen-bond acceptors (Lipinski definition) is 4. The highest BCUT2D eigenvalue weighted by molar-refractivity contribution is 7.92. The highest BCUT2D eigenvalue weighted by Crippen LogP contribution is 2.21. The molecule has 0 atom stereocenters. The van der Waals surface area contributed by atoms with Gasteiger partial charge in [0.05, 0.1) is 17.6 Å². The Hall–Kier alpha value is -2.87. The van der Waals surface area contributed by atoms with E-state index >= 15 is 0 Å². The van der Waals surface area contributed by atoms with Crippen LogP contribution in [-0.2, 0) is 16.4 Å². The summed E-state index contributed by atoms with van der Waals surface area (Å²) in [6.45, 7) is 1.37. The average Bonchev–Trinajstić information content (AvgIpc) is 3.38. The molecule has 1 fully saturated rings. The normalized spacial score (nSPS) is 14.5. The van der Waals surface area contributed by atoms with Crippen molar-refractivity contribution < 1.29 is 13.2 Å². The van der Waals surface area contributed by atoms with Gasteiger partial charge in [0.2, 0.25) is 10.0 Å². The van der Waals surface area contributed by atoms with Gasteiger partial charge >= 0.3 is 0 Å². The summed E-state index contributed by atoms with van der Waals surface area (Å²) in [7, 11) is -3.63. The molecule has 1 amide bonds. The van der Waals surface area contributed by atoms with E-state index in [0.29, 0.717) is 19.5 Å².